The summed E-state index contributed by atoms with van der Waals surface area (Å²) in [6.45, 7) is 0.779. The van der Waals surface area contributed by atoms with Crippen LogP contribution in [0.3, 0.4) is 0 Å². The van der Waals surface area contributed by atoms with Crippen LogP contribution >= 0.6 is 11.6 Å². The zero-order chi connectivity index (χ0) is 23.0. The quantitative estimate of drug-likeness (QED) is 0.598. The Morgan fingerprint density at radius 3 is 2.53 bits per heavy atom. The number of likely N-dealkylation sites (N-methyl/N-ethyl adjacent to an activating group) is 1. The first kappa shape index (κ1) is 22.5. The molecule has 1 saturated heterocycles. The lowest BCUT2D eigenvalue weighted by atomic mass is 9.89. The van der Waals surface area contributed by atoms with Gasteiger partial charge in [-0.3, -0.25) is 4.79 Å². The molecule has 1 fully saturated rings. The van der Waals surface area contributed by atoms with Crippen molar-refractivity contribution in [2.45, 2.75) is 18.4 Å². The Bertz CT molecular complexity index is 1210. The highest BCUT2D eigenvalue weighted by atomic mass is 35.5. The Balaban J connectivity index is 2.06. The summed E-state index contributed by atoms with van der Waals surface area (Å²) in [6.07, 6.45) is 0.785. The predicted molar refractivity (Wildman–Crippen MR) is 123 cm³/mol. The van der Waals surface area contributed by atoms with E-state index in [9.17, 15) is 9.90 Å². The number of aliphatic hydroxyl groups is 1. The largest absolute Gasteiger partial charge is 0.497 e. The molecule has 0 spiro atoms. The third-order valence-electron chi connectivity index (χ3n) is 6.23. The number of methoxy groups -OCH3 is 3. The highest BCUT2D eigenvalue weighted by Crippen LogP contribution is 2.45. The number of nitrogens with zero attached hydrogens (tertiary/aromatic N) is 1. The van der Waals surface area contributed by atoms with Crippen molar-refractivity contribution in [1.29, 1.82) is 0 Å². The van der Waals surface area contributed by atoms with Crippen molar-refractivity contribution in [3.05, 3.63) is 51.1 Å². The molecule has 1 N–H and O–H groups in total. The van der Waals surface area contributed by atoms with Gasteiger partial charge in [0.2, 0.25) is 0 Å². The highest BCUT2D eigenvalue weighted by molar-refractivity contribution is 6.33. The van der Waals surface area contributed by atoms with Crippen molar-refractivity contribution in [3.8, 4) is 28.6 Å². The Kier molecular flexibility index (Phi) is 6.33. The van der Waals surface area contributed by atoms with E-state index in [1.54, 1.807) is 38.5 Å². The number of ether oxygens (including phenoxy) is 3. The van der Waals surface area contributed by atoms with Crippen LogP contribution in [0.5, 0.6) is 17.2 Å². The van der Waals surface area contributed by atoms with Crippen molar-refractivity contribution < 1.29 is 23.7 Å². The fraction of sp³-hybridized carbons (Fsp3) is 0.375. The maximum absolute atomic E-state index is 13.3. The van der Waals surface area contributed by atoms with Crippen LogP contribution in [0.15, 0.2) is 39.5 Å². The Morgan fingerprint density at radius 2 is 1.88 bits per heavy atom. The smallest absolute Gasteiger partial charge is 0.197 e. The molecule has 1 unspecified atom stereocenters. The summed E-state index contributed by atoms with van der Waals surface area (Å²) in [5.74, 6) is 1.73. The van der Waals surface area contributed by atoms with E-state index in [2.05, 4.69) is 4.90 Å². The van der Waals surface area contributed by atoms with E-state index in [1.165, 1.54) is 13.2 Å². The summed E-state index contributed by atoms with van der Waals surface area (Å²) in [7, 11) is 6.59. The minimum absolute atomic E-state index is 0.0243. The third-order valence-corrected chi connectivity index (χ3v) is 6.56. The van der Waals surface area contributed by atoms with Gasteiger partial charge < -0.3 is 28.6 Å². The molecule has 2 aromatic carbocycles. The van der Waals surface area contributed by atoms with E-state index < -0.39 is 0 Å². The number of hydrogen-bond donors (Lipinski definition) is 1. The summed E-state index contributed by atoms with van der Waals surface area (Å²) in [5.41, 5.74) is 1.40. The Hall–Kier alpha value is -2.74. The second-order valence-corrected chi connectivity index (χ2v) is 8.25. The summed E-state index contributed by atoms with van der Waals surface area (Å²) in [6, 6.07) is 8.15. The standard InChI is InChI=1S/C24H26ClNO6/c1-26-8-7-14(17(26)12-27)22-20(30-3)11-21(31-4)23-18(28)10-19(32-24(22)23)15-9-13(29-2)5-6-16(15)25/h5-6,9-11,14,17,27H,7-8,12H2,1-4H3/t14?,17-/m1/s1. The zero-order valence-electron chi connectivity index (χ0n) is 18.5. The lowest BCUT2D eigenvalue weighted by Gasteiger charge is -2.25. The van der Waals surface area contributed by atoms with Gasteiger partial charge in [-0.25, -0.2) is 0 Å². The molecule has 4 rings (SSSR count). The molecule has 1 aliphatic heterocycles. The van der Waals surface area contributed by atoms with Gasteiger partial charge in [-0.1, -0.05) is 11.6 Å². The number of halogens is 1. The minimum atomic E-state index is -0.257. The SMILES string of the molecule is COc1ccc(Cl)c(-c2cc(=O)c3c(OC)cc(OC)c(C4CCN(C)[C@@H]4CO)c3o2)c1. The van der Waals surface area contributed by atoms with Crippen molar-refractivity contribution >= 4 is 22.6 Å². The summed E-state index contributed by atoms with van der Waals surface area (Å²) >= 11 is 6.43. The van der Waals surface area contributed by atoms with Crippen molar-refractivity contribution in [1.82, 2.24) is 4.90 Å². The first-order valence-electron chi connectivity index (χ1n) is 10.3. The van der Waals surface area contributed by atoms with Crippen LogP contribution < -0.4 is 19.6 Å². The summed E-state index contributed by atoms with van der Waals surface area (Å²) < 4.78 is 22.9. The number of hydrogen-bond acceptors (Lipinski definition) is 7. The maximum atomic E-state index is 13.3. The Morgan fingerprint density at radius 1 is 1.12 bits per heavy atom. The van der Waals surface area contributed by atoms with Gasteiger partial charge in [0, 0.05) is 35.2 Å². The molecule has 0 bridgehead atoms. The van der Waals surface area contributed by atoms with E-state index in [0.29, 0.717) is 44.6 Å². The highest BCUT2D eigenvalue weighted by Gasteiger charge is 2.37. The first-order valence-corrected chi connectivity index (χ1v) is 10.7. The Labute approximate surface area is 191 Å². The molecule has 3 aromatic rings. The molecule has 1 aromatic heterocycles. The lowest BCUT2D eigenvalue weighted by molar-refractivity contribution is 0.171. The molecule has 0 amide bonds. The van der Waals surface area contributed by atoms with Gasteiger partial charge in [-0.2, -0.15) is 0 Å². The molecule has 2 heterocycles. The molecule has 1 aliphatic rings. The molecule has 0 aliphatic carbocycles. The predicted octanol–water partition coefficient (Wildman–Crippen LogP) is 3.92. The number of fused-ring (bicyclic) bond motifs is 1. The number of aliphatic hydroxyl groups excluding tert-OH is 1. The van der Waals surface area contributed by atoms with Crippen molar-refractivity contribution in [3.63, 3.8) is 0 Å². The van der Waals surface area contributed by atoms with Crippen LogP contribution in [0.4, 0.5) is 0 Å². The van der Waals surface area contributed by atoms with Gasteiger partial charge >= 0.3 is 0 Å². The monoisotopic (exact) mass is 459 g/mol. The van der Waals surface area contributed by atoms with Crippen LogP contribution in [0.1, 0.15) is 17.9 Å². The molecular weight excluding hydrogens is 434 g/mol. The number of rotatable bonds is 6. The van der Waals surface area contributed by atoms with E-state index in [4.69, 9.17) is 30.2 Å². The van der Waals surface area contributed by atoms with Crippen molar-refractivity contribution in [2.75, 3.05) is 41.5 Å². The van der Waals surface area contributed by atoms with Gasteiger partial charge in [0.05, 0.1) is 33.0 Å². The average molecular weight is 460 g/mol. The molecule has 2 atom stereocenters. The fourth-order valence-electron chi connectivity index (χ4n) is 4.54. The van der Waals surface area contributed by atoms with Crippen LogP contribution in [0.2, 0.25) is 5.02 Å². The topological polar surface area (TPSA) is 81.4 Å². The van der Waals surface area contributed by atoms with Gasteiger partial charge in [0.1, 0.15) is 34.0 Å². The van der Waals surface area contributed by atoms with E-state index in [0.717, 1.165) is 18.5 Å². The molecule has 7 nitrogen and oxygen atoms in total. The second-order valence-electron chi connectivity index (χ2n) is 7.85. The lowest BCUT2D eigenvalue weighted by Crippen LogP contribution is -2.32. The van der Waals surface area contributed by atoms with E-state index in [-0.39, 0.29) is 24.0 Å². The molecule has 8 heteroatoms. The third kappa shape index (κ3) is 3.70. The fourth-order valence-corrected chi connectivity index (χ4v) is 4.75. The molecule has 170 valence electrons. The van der Waals surface area contributed by atoms with E-state index >= 15 is 0 Å². The number of benzene rings is 2. The van der Waals surface area contributed by atoms with Gasteiger partial charge in [-0.15, -0.1) is 0 Å². The van der Waals surface area contributed by atoms with Crippen LogP contribution in [-0.2, 0) is 0 Å². The van der Waals surface area contributed by atoms with Crippen LogP contribution in [0, 0.1) is 0 Å². The number of likely N-dealkylation sites (tertiary alicyclic amines) is 1. The van der Waals surface area contributed by atoms with E-state index in [1.807, 2.05) is 7.05 Å². The summed E-state index contributed by atoms with van der Waals surface area (Å²) in [5, 5.41) is 10.8. The summed E-state index contributed by atoms with van der Waals surface area (Å²) in [4.78, 5) is 15.4. The average Bonchev–Trinajstić information content (AvgIpc) is 3.17. The molecule has 0 radical (unpaired) electrons. The maximum Gasteiger partial charge on any atom is 0.197 e. The van der Waals surface area contributed by atoms with Crippen molar-refractivity contribution in [2.24, 2.45) is 0 Å². The minimum Gasteiger partial charge on any atom is -0.497 e. The first-order chi connectivity index (χ1) is 15.4. The van der Waals surface area contributed by atoms with Gasteiger partial charge in [-0.05, 0) is 38.2 Å². The van der Waals surface area contributed by atoms with Crippen LogP contribution in [-0.4, -0.2) is 57.6 Å². The molecular formula is C24H26ClNO6. The molecule has 32 heavy (non-hydrogen) atoms. The van der Waals surface area contributed by atoms with Crippen LogP contribution in [0.25, 0.3) is 22.3 Å². The van der Waals surface area contributed by atoms with Gasteiger partial charge in [0.25, 0.3) is 0 Å². The zero-order valence-corrected chi connectivity index (χ0v) is 19.2. The van der Waals surface area contributed by atoms with Gasteiger partial charge in [0.15, 0.2) is 5.43 Å². The normalized spacial score (nSPS) is 18.8. The molecule has 0 saturated carbocycles. The second kappa shape index (κ2) is 9.02.